The normalized spacial score (nSPS) is 24.2. The molecule has 0 saturated carbocycles. The molecule has 2 heterocycles. The highest BCUT2D eigenvalue weighted by atomic mass is 16.5. The lowest BCUT2D eigenvalue weighted by molar-refractivity contribution is 0.323. The third-order valence-corrected chi connectivity index (χ3v) is 2.11. The first-order valence-electron chi connectivity index (χ1n) is 3.87. The van der Waals surface area contributed by atoms with Crippen LogP contribution in [0.5, 0.6) is 5.95 Å². The van der Waals surface area contributed by atoms with Crippen molar-refractivity contribution < 1.29 is 9.52 Å². The van der Waals surface area contributed by atoms with Gasteiger partial charge in [-0.3, -0.25) is 0 Å². The van der Waals surface area contributed by atoms with Crippen LogP contribution >= 0.6 is 0 Å². The molecule has 1 aromatic rings. The van der Waals surface area contributed by atoms with Gasteiger partial charge in [0.15, 0.2) is 0 Å². The molecule has 0 spiro atoms. The average Bonchev–Trinajstić information content (AvgIpc) is 2.55. The lowest BCUT2D eigenvalue weighted by Crippen LogP contribution is -2.11. The number of furan rings is 1. The molecule has 1 aromatic heterocycles. The van der Waals surface area contributed by atoms with Crippen molar-refractivity contribution in [3.05, 3.63) is 17.9 Å². The molecule has 0 radical (unpaired) electrons. The minimum atomic E-state index is 0.0596. The minimum Gasteiger partial charge on any atom is -0.480 e. The SMILES string of the molecule is Oc1occc1[C@@H]1CCCN1. The molecule has 0 amide bonds. The van der Waals surface area contributed by atoms with Crippen molar-refractivity contribution in [1.29, 1.82) is 0 Å². The van der Waals surface area contributed by atoms with E-state index >= 15 is 0 Å². The second kappa shape index (κ2) is 2.58. The van der Waals surface area contributed by atoms with Gasteiger partial charge in [-0.25, -0.2) is 0 Å². The van der Waals surface area contributed by atoms with E-state index in [1.807, 2.05) is 6.07 Å². The third kappa shape index (κ3) is 1.12. The predicted octanol–water partition coefficient (Wildman–Crippen LogP) is 1.41. The highest BCUT2D eigenvalue weighted by Gasteiger charge is 2.20. The van der Waals surface area contributed by atoms with Crippen LogP contribution in [0.4, 0.5) is 0 Å². The summed E-state index contributed by atoms with van der Waals surface area (Å²) in [6.45, 7) is 1.04. The van der Waals surface area contributed by atoms with E-state index in [1.54, 1.807) is 0 Å². The highest BCUT2D eigenvalue weighted by molar-refractivity contribution is 5.25. The van der Waals surface area contributed by atoms with Gasteiger partial charge in [-0.15, -0.1) is 0 Å². The number of hydrogen-bond donors (Lipinski definition) is 2. The van der Waals surface area contributed by atoms with Gasteiger partial charge >= 0.3 is 0 Å². The van der Waals surface area contributed by atoms with Crippen molar-refractivity contribution in [1.82, 2.24) is 5.32 Å². The number of nitrogens with one attached hydrogen (secondary N) is 1. The minimum absolute atomic E-state index is 0.0596. The fourth-order valence-corrected chi connectivity index (χ4v) is 1.53. The molecule has 0 bridgehead atoms. The molecule has 2 rings (SSSR count). The fraction of sp³-hybridized carbons (Fsp3) is 0.500. The van der Waals surface area contributed by atoms with Gasteiger partial charge in [0.2, 0.25) is 0 Å². The van der Waals surface area contributed by atoms with Gasteiger partial charge in [0.05, 0.1) is 11.8 Å². The summed E-state index contributed by atoms with van der Waals surface area (Å²) in [4.78, 5) is 0. The molecule has 60 valence electrons. The largest absolute Gasteiger partial charge is 0.480 e. The summed E-state index contributed by atoms with van der Waals surface area (Å²) < 4.78 is 4.79. The zero-order valence-electron chi connectivity index (χ0n) is 6.21. The molecule has 0 aromatic carbocycles. The first-order chi connectivity index (χ1) is 5.38. The van der Waals surface area contributed by atoms with Crippen LogP contribution in [0.15, 0.2) is 16.7 Å². The van der Waals surface area contributed by atoms with Gasteiger partial charge in [0, 0.05) is 6.04 Å². The van der Waals surface area contributed by atoms with Gasteiger partial charge < -0.3 is 14.8 Å². The molecule has 1 fully saturated rings. The molecule has 1 aliphatic rings. The van der Waals surface area contributed by atoms with E-state index in [2.05, 4.69) is 5.32 Å². The van der Waals surface area contributed by atoms with E-state index in [1.165, 1.54) is 12.7 Å². The van der Waals surface area contributed by atoms with Crippen molar-refractivity contribution in [2.24, 2.45) is 0 Å². The molecule has 11 heavy (non-hydrogen) atoms. The third-order valence-electron chi connectivity index (χ3n) is 2.11. The van der Waals surface area contributed by atoms with Crippen molar-refractivity contribution in [3.8, 4) is 5.95 Å². The van der Waals surface area contributed by atoms with Gasteiger partial charge in [0.25, 0.3) is 5.95 Å². The Kier molecular flexibility index (Phi) is 1.58. The van der Waals surface area contributed by atoms with E-state index in [9.17, 15) is 5.11 Å². The lowest BCUT2D eigenvalue weighted by atomic mass is 10.1. The zero-order chi connectivity index (χ0) is 7.68. The number of aromatic hydroxyl groups is 1. The second-order valence-corrected chi connectivity index (χ2v) is 2.83. The van der Waals surface area contributed by atoms with Crippen molar-refractivity contribution in [3.63, 3.8) is 0 Å². The molecule has 3 heteroatoms. The van der Waals surface area contributed by atoms with Crippen molar-refractivity contribution in [2.75, 3.05) is 6.54 Å². The molecule has 1 aliphatic heterocycles. The standard InChI is InChI=1S/C8H11NO2/c10-8-6(3-5-11-8)7-2-1-4-9-7/h3,5,7,9-10H,1-2,4H2/t7-/m0/s1. The zero-order valence-corrected chi connectivity index (χ0v) is 6.21. The molecule has 0 aliphatic carbocycles. The topological polar surface area (TPSA) is 45.4 Å². The number of rotatable bonds is 1. The van der Waals surface area contributed by atoms with Crippen LogP contribution in [-0.4, -0.2) is 11.7 Å². The summed E-state index contributed by atoms with van der Waals surface area (Å²) in [5.74, 6) is 0.0596. The van der Waals surface area contributed by atoms with E-state index in [4.69, 9.17) is 4.42 Å². The highest BCUT2D eigenvalue weighted by Crippen LogP contribution is 2.30. The molecule has 1 saturated heterocycles. The van der Waals surface area contributed by atoms with Gasteiger partial charge in [0.1, 0.15) is 0 Å². The fourth-order valence-electron chi connectivity index (χ4n) is 1.53. The average molecular weight is 153 g/mol. The Morgan fingerprint density at radius 3 is 3.09 bits per heavy atom. The van der Waals surface area contributed by atoms with Crippen molar-refractivity contribution in [2.45, 2.75) is 18.9 Å². The van der Waals surface area contributed by atoms with E-state index < -0.39 is 0 Å². The Morgan fingerprint density at radius 1 is 1.64 bits per heavy atom. The first kappa shape index (κ1) is 6.73. The van der Waals surface area contributed by atoms with Crippen LogP contribution in [0.2, 0.25) is 0 Å². The van der Waals surface area contributed by atoms with Crippen LogP contribution < -0.4 is 5.32 Å². The van der Waals surface area contributed by atoms with E-state index in [-0.39, 0.29) is 5.95 Å². The van der Waals surface area contributed by atoms with Crippen LogP contribution in [0.3, 0.4) is 0 Å². The van der Waals surface area contributed by atoms with Gasteiger partial charge in [-0.1, -0.05) is 0 Å². The Labute approximate surface area is 65.0 Å². The molecule has 0 unspecified atom stereocenters. The quantitative estimate of drug-likeness (QED) is 0.641. The van der Waals surface area contributed by atoms with Gasteiger partial charge in [-0.2, -0.15) is 0 Å². The summed E-state index contributed by atoms with van der Waals surface area (Å²) in [6, 6.07) is 2.12. The van der Waals surface area contributed by atoms with Crippen LogP contribution in [0, 0.1) is 0 Å². The van der Waals surface area contributed by atoms with E-state index in [0.717, 1.165) is 18.5 Å². The Morgan fingerprint density at radius 2 is 2.55 bits per heavy atom. The maximum Gasteiger partial charge on any atom is 0.286 e. The summed E-state index contributed by atoms with van der Waals surface area (Å²) in [5.41, 5.74) is 0.891. The van der Waals surface area contributed by atoms with Gasteiger partial charge in [-0.05, 0) is 25.5 Å². The summed E-state index contributed by atoms with van der Waals surface area (Å²) >= 11 is 0. The van der Waals surface area contributed by atoms with E-state index in [0.29, 0.717) is 6.04 Å². The Bertz CT molecular complexity index is 238. The summed E-state index contributed by atoms with van der Waals surface area (Å²) in [5, 5.41) is 12.5. The van der Waals surface area contributed by atoms with Crippen LogP contribution in [-0.2, 0) is 0 Å². The van der Waals surface area contributed by atoms with Crippen LogP contribution in [0.1, 0.15) is 24.4 Å². The molecule has 2 N–H and O–H groups in total. The monoisotopic (exact) mass is 153 g/mol. The first-order valence-corrected chi connectivity index (χ1v) is 3.87. The predicted molar refractivity (Wildman–Crippen MR) is 40.4 cm³/mol. The summed E-state index contributed by atoms with van der Waals surface area (Å²) in [6.07, 6.45) is 3.78. The number of hydrogen-bond acceptors (Lipinski definition) is 3. The second-order valence-electron chi connectivity index (χ2n) is 2.83. The molecule has 3 nitrogen and oxygen atoms in total. The Hall–Kier alpha value is -0.960. The maximum atomic E-state index is 9.20. The smallest absolute Gasteiger partial charge is 0.286 e. The van der Waals surface area contributed by atoms with Crippen molar-refractivity contribution >= 4 is 0 Å². The molecule has 1 atom stereocenters. The summed E-state index contributed by atoms with van der Waals surface area (Å²) in [7, 11) is 0. The lowest BCUT2D eigenvalue weighted by Gasteiger charge is -2.05. The maximum absolute atomic E-state index is 9.20. The van der Waals surface area contributed by atoms with Crippen LogP contribution in [0.25, 0.3) is 0 Å². The Balaban J connectivity index is 2.21. The molecular formula is C8H11NO2. The molecular weight excluding hydrogens is 142 g/mol.